The molecule has 0 fully saturated rings. The SMILES string of the molecule is O=C(NC(=S)N[C@@H]1C(=O)Nc2ccccc21)c1ccccc1. The molecule has 0 spiro atoms. The Labute approximate surface area is 132 Å². The average Bonchev–Trinajstić information content (AvgIpc) is 2.84. The molecule has 1 heterocycles. The number of nitrogens with one attached hydrogen (secondary N) is 3. The highest BCUT2D eigenvalue weighted by Gasteiger charge is 2.30. The van der Waals surface area contributed by atoms with Gasteiger partial charge in [0.2, 0.25) is 0 Å². The van der Waals surface area contributed by atoms with Crippen molar-refractivity contribution < 1.29 is 9.59 Å². The van der Waals surface area contributed by atoms with Crippen molar-refractivity contribution in [1.29, 1.82) is 0 Å². The van der Waals surface area contributed by atoms with E-state index in [0.717, 1.165) is 11.3 Å². The van der Waals surface area contributed by atoms with E-state index in [1.807, 2.05) is 30.3 Å². The number of para-hydroxylation sites is 1. The van der Waals surface area contributed by atoms with E-state index < -0.39 is 6.04 Å². The van der Waals surface area contributed by atoms with Gasteiger partial charge in [-0.2, -0.15) is 0 Å². The molecule has 0 unspecified atom stereocenters. The maximum Gasteiger partial charge on any atom is 0.257 e. The van der Waals surface area contributed by atoms with E-state index >= 15 is 0 Å². The molecule has 0 saturated carbocycles. The van der Waals surface area contributed by atoms with Gasteiger partial charge in [-0.05, 0) is 30.4 Å². The van der Waals surface area contributed by atoms with E-state index in [9.17, 15) is 9.59 Å². The summed E-state index contributed by atoms with van der Waals surface area (Å²) in [6, 6.07) is 15.5. The van der Waals surface area contributed by atoms with Crippen molar-refractivity contribution in [3.63, 3.8) is 0 Å². The monoisotopic (exact) mass is 311 g/mol. The Morgan fingerprint density at radius 2 is 1.73 bits per heavy atom. The normalized spacial score (nSPS) is 15.6. The molecule has 110 valence electrons. The first-order chi connectivity index (χ1) is 10.6. The summed E-state index contributed by atoms with van der Waals surface area (Å²) in [4.78, 5) is 24.0. The molecule has 0 radical (unpaired) electrons. The zero-order valence-electron chi connectivity index (χ0n) is 11.5. The molecule has 0 saturated heterocycles. The quantitative estimate of drug-likeness (QED) is 0.742. The lowest BCUT2D eigenvalue weighted by Gasteiger charge is -2.14. The molecule has 2 amide bonds. The summed E-state index contributed by atoms with van der Waals surface area (Å²) in [6.45, 7) is 0. The zero-order chi connectivity index (χ0) is 15.5. The topological polar surface area (TPSA) is 70.2 Å². The Morgan fingerprint density at radius 3 is 2.50 bits per heavy atom. The molecular weight excluding hydrogens is 298 g/mol. The van der Waals surface area contributed by atoms with E-state index in [1.54, 1.807) is 24.3 Å². The van der Waals surface area contributed by atoms with Crippen LogP contribution in [0, 0.1) is 0 Å². The van der Waals surface area contributed by atoms with E-state index in [1.165, 1.54) is 0 Å². The van der Waals surface area contributed by atoms with E-state index in [4.69, 9.17) is 12.2 Å². The molecule has 22 heavy (non-hydrogen) atoms. The molecule has 0 bridgehead atoms. The molecule has 0 aromatic heterocycles. The Balaban J connectivity index is 1.68. The predicted octanol–water partition coefficient (Wildman–Crippen LogP) is 1.98. The van der Waals surface area contributed by atoms with Crippen molar-refractivity contribution in [3.05, 3.63) is 65.7 Å². The fraction of sp³-hybridized carbons (Fsp3) is 0.0625. The number of benzene rings is 2. The molecule has 3 rings (SSSR count). The summed E-state index contributed by atoms with van der Waals surface area (Å²) >= 11 is 5.13. The molecule has 6 heteroatoms. The van der Waals surface area contributed by atoms with Crippen molar-refractivity contribution >= 4 is 34.8 Å². The van der Waals surface area contributed by atoms with Crippen LogP contribution in [-0.4, -0.2) is 16.9 Å². The molecule has 3 N–H and O–H groups in total. The summed E-state index contributed by atoms with van der Waals surface area (Å²) in [5, 5.41) is 8.33. The molecule has 1 aliphatic heterocycles. The Kier molecular flexibility index (Phi) is 3.84. The molecular formula is C16H13N3O2S. The molecule has 2 aromatic carbocycles. The summed E-state index contributed by atoms with van der Waals surface area (Å²) in [5.74, 6) is -0.512. The molecule has 2 aromatic rings. The van der Waals surface area contributed by atoms with Gasteiger partial charge in [0.05, 0.1) is 0 Å². The zero-order valence-corrected chi connectivity index (χ0v) is 12.3. The van der Waals surface area contributed by atoms with Crippen molar-refractivity contribution in [3.8, 4) is 0 Å². The van der Waals surface area contributed by atoms with Gasteiger partial charge in [-0.3, -0.25) is 14.9 Å². The lowest BCUT2D eigenvalue weighted by Crippen LogP contribution is -2.42. The number of hydrogen-bond acceptors (Lipinski definition) is 3. The van der Waals surface area contributed by atoms with Gasteiger partial charge in [-0.15, -0.1) is 0 Å². The Morgan fingerprint density at radius 1 is 1.05 bits per heavy atom. The third-order valence-electron chi connectivity index (χ3n) is 3.33. The van der Waals surface area contributed by atoms with Crippen LogP contribution in [0.2, 0.25) is 0 Å². The second-order valence-electron chi connectivity index (χ2n) is 4.80. The number of rotatable bonds is 2. The lowest BCUT2D eigenvalue weighted by molar-refractivity contribution is -0.117. The van der Waals surface area contributed by atoms with Crippen LogP contribution in [0.3, 0.4) is 0 Å². The van der Waals surface area contributed by atoms with Crippen LogP contribution in [0.1, 0.15) is 22.0 Å². The Bertz CT molecular complexity index is 746. The predicted molar refractivity (Wildman–Crippen MR) is 87.5 cm³/mol. The molecule has 5 nitrogen and oxygen atoms in total. The van der Waals surface area contributed by atoms with E-state index in [-0.39, 0.29) is 16.9 Å². The van der Waals surface area contributed by atoms with Crippen LogP contribution >= 0.6 is 12.2 Å². The highest BCUT2D eigenvalue weighted by Crippen LogP contribution is 2.29. The Hall–Kier alpha value is -2.73. The van der Waals surface area contributed by atoms with E-state index in [0.29, 0.717) is 5.56 Å². The summed E-state index contributed by atoms with van der Waals surface area (Å²) in [6.07, 6.45) is 0. The smallest absolute Gasteiger partial charge is 0.257 e. The minimum Gasteiger partial charge on any atom is -0.347 e. The fourth-order valence-electron chi connectivity index (χ4n) is 2.28. The first-order valence-corrected chi connectivity index (χ1v) is 7.12. The van der Waals surface area contributed by atoms with Gasteiger partial charge in [-0.1, -0.05) is 36.4 Å². The van der Waals surface area contributed by atoms with Gasteiger partial charge < -0.3 is 10.6 Å². The van der Waals surface area contributed by atoms with E-state index in [2.05, 4.69) is 16.0 Å². The molecule has 1 aliphatic rings. The van der Waals surface area contributed by atoms with Crippen molar-refractivity contribution in [2.45, 2.75) is 6.04 Å². The van der Waals surface area contributed by atoms with Crippen LogP contribution in [0.15, 0.2) is 54.6 Å². The number of carbonyl (C=O) groups excluding carboxylic acids is 2. The molecule has 1 atom stereocenters. The lowest BCUT2D eigenvalue weighted by atomic mass is 10.1. The molecule has 0 aliphatic carbocycles. The van der Waals surface area contributed by atoms with Crippen LogP contribution in [0.25, 0.3) is 0 Å². The second kappa shape index (κ2) is 5.95. The van der Waals surface area contributed by atoms with Crippen LogP contribution in [0.5, 0.6) is 0 Å². The van der Waals surface area contributed by atoms with Gasteiger partial charge in [0, 0.05) is 16.8 Å². The first kappa shape index (κ1) is 14.2. The summed E-state index contributed by atoms with van der Waals surface area (Å²) in [7, 11) is 0. The number of carbonyl (C=O) groups is 2. The van der Waals surface area contributed by atoms with Gasteiger partial charge in [0.25, 0.3) is 11.8 Å². The van der Waals surface area contributed by atoms with Crippen LogP contribution in [-0.2, 0) is 4.79 Å². The third-order valence-corrected chi connectivity index (χ3v) is 3.55. The number of anilines is 1. The third kappa shape index (κ3) is 2.82. The maximum atomic E-state index is 12.0. The number of amides is 2. The largest absolute Gasteiger partial charge is 0.347 e. The maximum absolute atomic E-state index is 12.0. The van der Waals surface area contributed by atoms with Crippen molar-refractivity contribution in [2.75, 3.05) is 5.32 Å². The van der Waals surface area contributed by atoms with Gasteiger partial charge in [0.15, 0.2) is 5.11 Å². The van der Waals surface area contributed by atoms with Crippen molar-refractivity contribution in [2.24, 2.45) is 0 Å². The van der Waals surface area contributed by atoms with Crippen LogP contribution in [0.4, 0.5) is 5.69 Å². The van der Waals surface area contributed by atoms with Crippen LogP contribution < -0.4 is 16.0 Å². The number of fused-ring (bicyclic) bond motifs is 1. The number of thiocarbonyl (C=S) groups is 1. The standard InChI is InChI=1S/C16H13N3O2S/c20-14(10-6-2-1-3-7-10)19-16(22)18-13-11-8-4-5-9-12(11)17-15(13)21/h1-9,13H,(H,17,21)(H2,18,19,20,22)/t13-/m0/s1. The highest BCUT2D eigenvalue weighted by atomic mass is 32.1. The van der Waals surface area contributed by atoms with Gasteiger partial charge >= 0.3 is 0 Å². The van der Waals surface area contributed by atoms with Gasteiger partial charge in [-0.25, -0.2) is 0 Å². The number of hydrogen-bond donors (Lipinski definition) is 3. The summed E-state index contributed by atoms with van der Waals surface area (Å²) < 4.78 is 0. The second-order valence-corrected chi connectivity index (χ2v) is 5.21. The first-order valence-electron chi connectivity index (χ1n) is 6.72. The van der Waals surface area contributed by atoms with Gasteiger partial charge in [0.1, 0.15) is 6.04 Å². The minimum absolute atomic E-state index is 0.116. The summed E-state index contributed by atoms with van der Waals surface area (Å²) in [5.41, 5.74) is 2.06. The highest BCUT2D eigenvalue weighted by molar-refractivity contribution is 7.80. The minimum atomic E-state index is -0.597. The fourth-order valence-corrected chi connectivity index (χ4v) is 2.49. The van der Waals surface area contributed by atoms with Crippen molar-refractivity contribution in [1.82, 2.24) is 10.6 Å². The average molecular weight is 311 g/mol.